The quantitative estimate of drug-likeness (QED) is 0.156. The molecule has 0 amide bonds. The van der Waals surface area contributed by atoms with Crippen LogP contribution in [0.2, 0.25) is 0 Å². The standard InChI is InChI=1S/C35H28F4N6O2S/c36-23-8-4-20(5-9-23)32-42-31-28(45(32)24-10-11-24)15-14-27(30(31)29-19-40-16-17-46-29)41-34-44-43-33(48-34)21-6-12-25(13-7-21)47-26-3-1-2-22(18-26)35(37,38)39/h1-9,12-15,18,24,29,40H,10-11,16-17,19H2,(H,41,44). The van der Waals surface area contributed by atoms with Crippen molar-refractivity contribution < 1.29 is 27.0 Å². The first-order chi connectivity index (χ1) is 23.3. The van der Waals surface area contributed by atoms with E-state index in [1.54, 1.807) is 36.4 Å². The lowest BCUT2D eigenvalue weighted by Crippen LogP contribution is -2.33. The minimum Gasteiger partial charge on any atom is -0.457 e. The fourth-order valence-electron chi connectivity index (χ4n) is 5.92. The highest BCUT2D eigenvalue weighted by Gasteiger charge is 2.32. The van der Waals surface area contributed by atoms with Crippen LogP contribution in [-0.2, 0) is 10.9 Å². The van der Waals surface area contributed by atoms with Crippen molar-refractivity contribution in [3.8, 4) is 33.5 Å². The summed E-state index contributed by atoms with van der Waals surface area (Å²) in [6.07, 6.45) is -2.60. The number of nitrogens with one attached hydrogen (secondary N) is 2. The van der Waals surface area contributed by atoms with Gasteiger partial charge in [0.15, 0.2) is 0 Å². The Balaban J connectivity index is 1.09. The Morgan fingerprint density at radius 2 is 1.71 bits per heavy atom. The SMILES string of the molecule is Fc1ccc(-c2nc3c(C4CNCCO4)c(Nc4nnc(-c5ccc(Oc6cccc(C(F)(F)F)c6)cc5)s4)ccc3n2C2CC2)cc1. The predicted molar refractivity (Wildman–Crippen MR) is 175 cm³/mol. The van der Waals surface area contributed by atoms with E-state index >= 15 is 0 Å². The summed E-state index contributed by atoms with van der Waals surface area (Å²) in [4.78, 5) is 5.15. The highest BCUT2D eigenvalue weighted by Crippen LogP contribution is 2.45. The molecule has 2 fully saturated rings. The van der Waals surface area contributed by atoms with E-state index in [9.17, 15) is 17.6 Å². The summed E-state index contributed by atoms with van der Waals surface area (Å²) in [7, 11) is 0. The molecule has 244 valence electrons. The molecule has 1 aliphatic carbocycles. The smallest absolute Gasteiger partial charge is 0.416 e. The summed E-state index contributed by atoms with van der Waals surface area (Å²) in [6, 6.07) is 22.5. The summed E-state index contributed by atoms with van der Waals surface area (Å²) in [6.45, 7) is 1.94. The highest BCUT2D eigenvalue weighted by atomic mass is 32.1. The zero-order chi connectivity index (χ0) is 32.8. The van der Waals surface area contributed by atoms with E-state index in [1.807, 2.05) is 6.07 Å². The zero-order valence-electron chi connectivity index (χ0n) is 25.3. The average Bonchev–Trinajstić information content (AvgIpc) is 3.70. The first-order valence-electron chi connectivity index (χ1n) is 15.5. The average molecular weight is 673 g/mol. The van der Waals surface area contributed by atoms with Crippen LogP contribution in [0.5, 0.6) is 11.5 Å². The van der Waals surface area contributed by atoms with E-state index in [1.165, 1.54) is 35.6 Å². The minimum absolute atomic E-state index is 0.0941. The zero-order valence-corrected chi connectivity index (χ0v) is 26.1. The van der Waals surface area contributed by atoms with Gasteiger partial charge in [-0.25, -0.2) is 9.37 Å². The van der Waals surface area contributed by atoms with Crippen molar-refractivity contribution >= 4 is 33.2 Å². The number of halogens is 4. The molecule has 4 aromatic carbocycles. The number of nitrogens with zero attached hydrogens (tertiary/aromatic N) is 4. The summed E-state index contributed by atoms with van der Waals surface area (Å²) in [5, 5.41) is 16.9. The molecule has 2 aromatic heterocycles. The van der Waals surface area contributed by atoms with Crippen molar-refractivity contribution in [2.24, 2.45) is 0 Å². The van der Waals surface area contributed by atoms with Crippen molar-refractivity contribution in [3.63, 3.8) is 0 Å². The number of imidazole rings is 1. The fourth-order valence-corrected chi connectivity index (χ4v) is 6.68. The maximum atomic E-state index is 13.8. The van der Waals surface area contributed by atoms with Gasteiger partial charge in [-0.15, -0.1) is 10.2 Å². The molecule has 48 heavy (non-hydrogen) atoms. The molecular formula is C35H28F4N6O2S. The third kappa shape index (κ3) is 6.12. The van der Waals surface area contributed by atoms with Crippen molar-refractivity contribution in [1.29, 1.82) is 0 Å². The van der Waals surface area contributed by atoms with Gasteiger partial charge < -0.3 is 24.7 Å². The van der Waals surface area contributed by atoms with Gasteiger partial charge >= 0.3 is 6.18 Å². The summed E-state index contributed by atoms with van der Waals surface area (Å²) >= 11 is 1.36. The molecule has 0 radical (unpaired) electrons. The molecule has 8 nitrogen and oxygen atoms in total. The van der Waals surface area contributed by atoms with Gasteiger partial charge in [-0.1, -0.05) is 17.4 Å². The second-order valence-corrected chi connectivity index (χ2v) is 12.7. The van der Waals surface area contributed by atoms with Gasteiger partial charge in [0, 0.05) is 41.5 Å². The van der Waals surface area contributed by atoms with Gasteiger partial charge in [0.2, 0.25) is 5.13 Å². The molecule has 8 rings (SSSR count). The van der Waals surface area contributed by atoms with Crippen LogP contribution >= 0.6 is 11.3 Å². The first kappa shape index (κ1) is 30.5. The molecule has 1 unspecified atom stereocenters. The Bertz CT molecular complexity index is 2090. The molecule has 2 aliphatic rings. The number of benzene rings is 4. The van der Waals surface area contributed by atoms with E-state index in [0.717, 1.165) is 70.8 Å². The molecule has 1 saturated carbocycles. The lowest BCUT2D eigenvalue weighted by atomic mass is 10.0. The van der Waals surface area contributed by atoms with Crippen LogP contribution in [0.25, 0.3) is 33.0 Å². The highest BCUT2D eigenvalue weighted by molar-refractivity contribution is 7.18. The normalized spacial score (nSPS) is 16.7. The van der Waals surface area contributed by atoms with Crippen LogP contribution in [0.3, 0.4) is 0 Å². The number of alkyl halides is 3. The number of hydrogen-bond acceptors (Lipinski definition) is 8. The predicted octanol–water partition coefficient (Wildman–Crippen LogP) is 8.91. The Hall–Kier alpha value is -4.85. The second kappa shape index (κ2) is 12.3. The second-order valence-electron chi connectivity index (χ2n) is 11.7. The van der Waals surface area contributed by atoms with Crippen LogP contribution in [0.15, 0.2) is 84.9 Å². The van der Waals surface area contributed by atoms with Gasteiger partial charge in [-0.2, -0.15) is 13.2 Å². The number of hydrogen-bond donors (Lipinski definition) is 2. The lowest BCUT2D eigenvalue weighted by Gasteiger charge is -2.26. The minimum atomic E-state index is -4.45. The Morgan fingerprint density at radius 1 is 0.917 bits per heavy atom. The van der Waals surface area contributed by atoms with Crippen LogP contribution in [-0.4, -0.2) is 39.4 Å². The monoisotopic (exact) mass is 672 g/mol. The number of rotatable bonds is 8. The first-order valence-corrected chi connectivity index (χ1v) is 16.3. The lowest BCUT2D eigenvalue weighted by molar-refractivity contribution is -0.137. The van der Waals surface area contributed by atoms with Crippen LogP contribution < -0.4 is 15.4 Å². The van der Waals surface area contributed by atoms with Crippen LogP contribution in [0.1, 0.15) is 36.1 Å². The maximum Gasteiger partial charge on any atom is 0.416 e. The van der Waals surface area contributed by atoms with Crippen molar-refractivity contribution in [2.75, 3.05) is 25.0 Å². The summed E-state index contributed by atoms with van der Waals surface area (Å²) in [5.74, 6) is 0.994. The number of anilines is 2. The Labute approximate surface area is 276 Å². The molecular weight excluding hydrogens is 644 g/mol. The van der Waals surface area contributed by atoms with E-state index in [0.29, 0.717) is 35.1 Å². The van der Waals surface area contributed by atoms with Crippen molar-refractivity contribution in [2.45, 2.75) is 31.2 Å². The van der Waals surface area contributed by atoms with E-state index in [-0.39, 0.29) is 17.7 Å². The molecule has 3 heterocycles. The molecule has 2 N–H and O–H groups in total. The maximum absolute atomic E-state index is 13.8. The van der Waals surface area contributed by atoms with E-state index < -0.39 is 11.7 Å². The Kier molecular flexibility index (Phi) is 7.82. The molecule has 1 aliphatic heterocycles. The van der Waals surface area contributed by atoms with E-state index in [4.69, 9.17) is 14.5 Å². The molecule has 0 bridgehead atoms. The fraction of sp³-hybridized carbons (Fsp3) is 0.229. The van der Waals surface area contributed by atoms with Gasteiger partial charge in [0.05, 0.1) is 29.3 Å². The third-order valence-electron chi connectivity index (χ3n) is 8.33. The van der Waals surface area contributed by atoms with Crippen LogP contribution in [0.4, 0.5) is 28.4 Å². The third-order valence-corrected chi connectivity index (χ3v) is 9.22. The number of fused-ring (bicyclic) bond motifs is 1. The number of ether oxygens (including phenoxy) is 2. The van der Waals surface area contributed by atoms with Crippen LogP contribution in [0, 0.1) is 5.82 Å². The van der Waals surface area contributed by atoms with Gasteiger partial charge in [-0.3, -0.25) is 0 Å². The molecule has 1 atom stereocenters. The molecule has 13 heteroatoms. The van der Waals surface area contributed by atoms with Crippen molar-refractivity contribution in [3.05, 3.63) is 102 Å². The van der Waals surface area contributed by atoms with Crippen molar-refractivity contribution in [1.82, 2.24) is 25.1 Å². The number of aromatic nitrogens is 4. The van der Waals surface area contributed by atoms with E-state index in [2.05, 4.69) is 31.5 Å². The molecule has 0 spiro atoms. The summed E-state index contributed by atoms with van der Waals surface area (Å²) in [5.41, 5.74) is 4.38. The van der Waals surface area contributed by atoms with Gasteiger partial charge in [-0.05, 0) is 91.7 Å². The topological polar surface area (TPSA) is 86.1 Å². The molecule has 1 saturated heterocycles. The molecule has 6 aromatic rings. The Morgan fingerprint density at radius 3 is 2.44 bits per heavy atom. The van der Waals surface area contributed by atoms with Gasteiger partial charge in [0.1, 0.15) is 28.1 Å². The number of morpholine rings is 1. The summed E-state index contributed by atoms with van der Waals surface area (Å²) < 4.78 is 67.3. The largest absolute Gasteiger partial charge is 0.457 e. The van der Waals surface area contributed by atoms with Gasteiger partial charge in [0.25, 0.3) is 0 Å².